The molecule has 2 aliphatic rings. The highest BCUT2D eigenvalue weighted by atomic mass is 28.3. The van der Waals surface area contributed by atoms with Crippen LogP contribution in [-0.4, -0.2) is 28.0 Å². The molecule has 4 aromatic carbocycles. The molecule has 4 nitrogen and oxygen atoms in total. The molecule has 0 saturated heterocycles. The highest BCUT2D eigenvalue weighted by Crippen LogP contribution is 2.39. The van der Waals surface area contributed by atoms with E-state index < -0.39 is 8.07 Å². The van der Waals surface area contributed by atoms with Gasteiger partial charge in [0, 0.05) is 49.9 Å². The zero-order valence-corrected chi connectivity index (χ0v) is 41.1. The van der Waals surface area contributed by atoms with Crippen molar-refractivity contribution in [1.29, 1.82) is 0 Å². The smallest absolute Gasteiger partial charge is 0.129 e. The zero-order chi connectivity index (χ0) is 46.1. The van der Waals surface area contributed by atoms with E-state index in [4.69, 9.17) is 9.97 Å². The zero-order valence-electron chi connectivity index (χ0n) is 40.1. The first kappa shape index (κ1) is 44.5. The van der Waals surface area contributed by atoms with Crippen molar-refractivity contribution < 1.29 is 0 Å². The van der Waals surface area contributed by atoms with E-state index in [1.165, 1.54) is 16.7 Å². The summed E-state index contributed by atoms with van der Waals surface area (Å²) < 4.78 is 0. The number of hydrogen-bond donors (Lipinski definition) is 2. The number of fused-ring (bicyclic) bond motifs is 8. The minimum atomic E-state index is -1.54. The average molecular weight is 879 g/mol. The van der Waals surface area contributed by atoms with Gasteiger partial charge < -0.3 is 9.97 Å². The van der Waals surface area contributed by atoms with Crippen LogP contribution in [0, 0.1) is 29.2 Å². The third-order valence-corrected chi connectivity index (χ3v) is 13.0. The molecule has 2 aliphatic heterocycles. The van der Waals surface area contributed by atoms with Gasteiger partial charge in [0.1, 0.15) is 8.07 Å². The third kappa shape index (κ3) is 9.91. The molecule has 8 bridgehead atoms. The van der Waals surface area contributed by atoms with Crippen molar-refractivity contribution in [3.63, 3.8) is 0 Å². The number of rotatable bonds is 10. The van der Waals surface area contributed by atoms with E-state index in [-0.39, 0.29) is 0 Å². The number of nitrogens with zero attached hydrogens (tertiary/aromatic N) is 2. The number of aromatic nitrogens is 4. The minimum absolute atomic E-state index is 0.572. The molecular weight excluding hydrogens is 817 g/mol. The van der Waals surface area contributed by atoms with Crippen LogP contribution in [0.3, 0.4) is 0 Å². The number of hydrogen-bond acceptors (Lipinski definition) is 2. The molecule has 0 saturated carbocycles. The summed E-state index contributed by atoms with van der Waals surface area (Å²) in [6.45, 7) is 20.5. The van der Waals surface area contributed by atoms with Gasteiger partial charge in [-0.1, -0.05) is 152 Å². The van der Waals surface area contributed by atoms with Crippen molar-refractivity contribution >= 4 is 54.4 Å². The third-order valence-electron chi connectivity index (χ3n) is 12.2. The second-order valence-electron chi connectivity index (χ2n) is 20.5. The second kappa shape index (κ2) is 18.6. The summed E-state index contributed by atoms with van der Waals surface area (Å²) in [4.78, 5) is 19.0. The molecule has 9 rings (SSSR count). The molecule has 0 amide bonds. The monoisotopic (exact) mass is 878 g/mol. The van der Waals surface area contributed by atoms with Crippen LogP contribution in [0.15, 0.2) is 121 Å². The molecule has 66 heavy (non-hydrogen) atoms. The van der Waals surface area contributed by atoms with Crippen LogP contribution < -0.4 is 0 Å². The second-order valence-corrected chi connectivity index (χ2v) is 25.2. The highest BCUT2D eigenvalue weighted by Gasteiger charge is 2.20. The lowest BCUT2D eigenvalue weighted by molar-refractivity contribution is 0.647. The number of aromatic amines is 2. The molecule has 0 unspecified atom stereocenters. The van der Waals surface area contributed by atoms with Gasteiger partial charge in [-0.05, 0) is 137 Å². The first-order valence-corrected chi connectivity index (χ1v) is 27.3. The van der Waals surface area contributed by atoms with Crippen LogP contribution in [-0.2, 0) is 19.3 Å². The fourth-order valence-corrected chi connectivity index (χ4v) is 9.76. The molecule has 0 atom stereocenters. The average Bonchev–Trinajstić information content (AvgIpc) is 4.13. The fourth-order valence-electron chi connectivity index (χ4n) is 9.24. The Morgan fingerprint density at radius 2 is 0.667 bits per heavy atom. The van der Waals surface area contributed by atoms with E-state index in [2.05, 4.69) is 228 Å². The Morgan fingerprint density at radius 3 is 0.924 bits per heavy atom. The van der Waals surface area contributed by atoms with Crippen molar-refractivity contribution in [1.82, 2.24) is 19.9 Å². The van der Waals surface area contributed by atoms with E-state index in [1.54, 1.807) is 0 Å². The van der Waals surface area contributed by atoms with Crippen molar-refractivity contribution in [3.8, 4) is 56.0 Å². The predicted octanol–water partition coefficient (Wildman–Crippen LogP) is 16.1. The van der Waals surface area contributed by atoms with Crippen molar-refractivity contribution in [3.05, 3.63) is 166 Å². The van der Waals surface area contributed by atoms with E-state index in [9.17, 15) is 0 Å². The Balaban J connectivity index is 1.37. The van der Waals surface area contributed by atoms with Crippen LogP contribution in [0.5, 0.6) is 0 Å². The van der Waals surface area contributed by atoms with Crippen LogP contribution in [0.1, 0.15) is 86.6 Å². The summed E-state index contributed by atoms with van der Waals surface area (Å²) >= 11 is 0. The van der Waals surface area contributed by atoms with Crippen molar-refractivity contribution in [2.75, 3.05) is 0 Å². The molecule has 0 fully saturated rings. The molecule has 3 aromatic heterocycles. The van der Waals surface area contributed by atoms with Crippen molar-refractivity contribution in [2.24, 2.45) is 17.8 Å². The van der Waals surface area contributed by atoms with E-state index in [0.29, 0.717) is 17.8 Å². The van der Waals surface area contributed by atoms with Gasteiger partial charge in [-0.15, -0.1) is 5.54 Å². The largest absolute Gasteiger partial charge is 0.354 e. The molecule has 0 aliphatic carbocycles. The maximum atomic E-state index is 5.56. The molecule has 330 valence electrons. The normalized spacial score (nSPS) is 12.4. The maximum absolute atomic E-state index is 5.56. The van der Waals surface area contributed by atoms with Crippen LogP contribution in [0.4, 0.5) is 0 Å². The Bertz CT molecular complexity index is 3140. The minimum Gasteiger partial charge on any atom is -0.354 e. The summed E-state index contributed by atoms with van der Waals surface area (Å²) in [6, 6.07) is 44.8. The van der Waals surface area contributed by atoms with E-state index in [1.807, 2.05) is 0 Å². The summed E-state index contributed by atoms with van der Waals surface area (Å²) in [5.41, 5.74) is 24.8. The molecule has 2 N–H and O–H groups in total. The van der Waals surface area contributed by atoms with Crippen LogP contribution in [0.25, 0.3) is 90.9 Å². The molecular formula is C61H62N4Si. The van der Waals surface area contributed by atoms with Crippen LogP contribution >= 0.6 is 0 Å². The molecule has 5 heterocycles. The molecule has 7 aromatic rings. The summed E-state index contributed by atoms with van der Waals surface area (Å²) in [6.07, 6.45) is 11.8. The summed E-state index contributed by atoms with van der Waals surface area (Å²) in [5.74, 6) is 5.18. The maximum Gasteiger partial charge on any atom is 0.129 e. The summed E-state index contributed by atoms with van der Waals surface area (Å²) in [7, 11) is -1.54. The van der Waals surface area contributed by atoms with Gasteiger partial charge in [-0.2, -0.15) is 0 Å². The molecule has 0 radical (unpaired) electrons. The quantitative estimate of drug-likeness (QED) is 0.106. The first-order valence-electron chi connectivity index (χ1n) is 23.8. The lowest BCUT2D eigenvalue weighted by Crippen LogP contribution is -2.16. The standard InChI is InChI=1S/C61H62N4Si/c1-39(2)36-43-12-20-47(21-13-43)59-52-28-26-50(62-52)58(46-18-10-42(11-19-46)34-35-66(7,8)9)51-27-29-53(63-51)60(48-22-14-44(15-23-48)37-40(3)4)55-31-33-57(65-55)61(56-32-30-54(59)64-56)49-24-16-45(17-25-49)38-41(5)6/h10-33,39-41,62,65H,36-38H2,1-9H3. The van der Waals surface area contributed by atoms with Crippen molar-refractivity contribution in [2.45, 2.75) is 80.4 Å². The fraction of sp³-hybridized carbons (Fsp3) is 0.246. The van der Waals surface area contributed by atoms with Gasteiger partial charge in [0.2, 0.25) is 0 Å². The van der Waals surface area contributed by atoms with Gasteiger partial charge >= 0.3 is 0 Å². The Morgan fingerprint density at radius 1 is 0.394 bits per heavy atom. The summed E-state index contributed by atoms with van der Waals surface area (Å²) in [5, 5.41) is 0. The molecule has 5 heteroatoms. The van der Waals surface area contributed by atoms with E-state index in [0.717, 1.165) is 114 Å². The van der Waals surface area contributed by atoms with Gasteiger partial charge in [0.15, 0.2) is 0 Å². The highest BCUT2D eigenvalue weighted by molar-refractivity contribution is 6.83. The lowest BCUT2D eigenvalue weighted by Gasteiger charge is -2.09. The predicted molar refractivity (Wildman–Crippen MR) is 286 cm³/mol. The van der Waals surface area contributed by atoms with Gasteiger partial charge in [0.05, 0.1) is 22.8 Å². The SMILES string of the molecule is CC(C)Cc1ccc(-c2c3nc(c(-c4ccc(CC(C)C)cc4)c4ccc([nH]4)c(-c4ccc(CC(C)C)cc4)c4nc(c(-c5ccc(C#C[Si](C)(C)C)cc5)c5ccc2[nH]5)C=C4)C=C3)cc1. The molecule has 0 spiro atoms. The van der Waals surface area contributed by atoms with Gasteiger partial charge in [-0.25, -0.2) is 9.97 Å². The topological polar surface area (TPSA) is 57.4 Å². The number of nitrogens with one attached hydrogen (secondary N) is 2. The lowest BCUT2D eigenvalue weighted by atomic mass is 9.98. The van der Waals surface area contributed by atoms with E-state index >= 15 is 0 Å². The van der Waals surface area contributed by atoms with Gasteiger partial charge in [-0.3, -0.25) is 0 Å². The Kier molecular flexibility index (Phi) is 12.5. The first-order chi connectivity index (χ1) is 31.7. The Hall–Kier alpha value is -6.74. The van der Waals surface area contributed by atoms with Crippen LogP contribution in [0.2, 0.25) is 19.6 Å². The number of benzene rings is 4. The Labute approximate surface area is 393 Å². The number of H-pyrrole nitrogens is 2. The van der Waals surface area contributed by atoms with Gasteiger partial charge in [0.25, 0.3) is 0 Å².